The van der Waals surface area contributed by atoms with Crippen molar-refractivity contribution in [2.24, 2.45) is 0 Å². The van der Waals surface area contributed by atoms with Crippen molar-refractivity contribution < 1.29 is 0 Å². The molecule has 0 aromatic heterocycles. The van der Waals surface area contributed by atoms with Gasteiger partial charge in [-0.2, -0.15) is 0 Å². The quantitative estimate of drug-likeness (QED) is 0.620. The van der Waals surface area contributed by atoms with E-state index in [4.69, 9.17) is 0 Å². The molecule has 3 nitrogen and oxygen atoms in total. The minimum absolute atomic E-state index is 0.598. The third-order valence-electron chi connectivity index (χ3n) is 2.41. The highest BCUT2D eigenvalue weighted by Crippen LogP contribution is 1.98. The van der Waals surface area contributed by atoms with Gasteiger partial charge in [0.2, 0.25) is 0 Å². The molecule has 0 aromatic rings. The van der Waals surface area contributed by atoms with Crippen LogP contribution in [0.4, 0.5) is 0 Å². The van der Waals surface area contributed by atoms with E-state index >= 15 is 0 Å². The van der Waals surface area contributed by atoms with Gasteiger partial charge < -0.3 is 10.6 Å². The van der Waals surface area contributed by atoms with Crippen molar-refractivity contribution in [3.05, 3.63) is 0 Å². The Hall–Kier alpha value is -0.120. The average Bonchev–Trinajstić information content (AvgIpc) is 2.03. The third-order valence-corrected chi connectivity index (χ3v) is 2.41. The van der Waals surface area contributed by atoms with Crippen molar-refractivity contribution in [1.82, 2.24) is 15.5 Å². The van der Waals surface area contributed by atoms with E-state index in [1.165, 1.54) is 6.54 Å². The molecule has 1 heterocycles. The molecule has 1 rings (SSSR count). The van der Waals surface area contributed by atoms with E-state index in [-0.39, 0.29) is 0 Å². The largest absolute Gasteiger partial charge is 0.314 e. The Labute approximate surface area is 75.5 Å². The van der Waals surface area contributed by atoms with Crippen LogP contribution in [0.25, 0.3) is 0 Å². The Morgan fingerprint density at radius 2 is 2.33 bits per heavy atom. The van der Waals surface area contributed by atoms with Gasteiger partial charge in [-0.05, 0) is 7.05 Å². The first kappa shape index (κ1) is 9.96. The molecule has 0 amide bonds. The molecular formula is C9H21N3. The number of hydrogen-bond donors (Lipinski definition) is 2. The number of rotatable bonds is 3. The summed E-state index contributed by atoms with van der Waals surface area (Å²) in [6.45, 7) is 8.91. The van der Waals surface area contributed by atoms with Crippen LogP contribution in [0.3, 0.4) is 0 Å². The molecule has 3 heteroatoms. The average molecular weight is 171 g/mol. The minimum atomic E-state index is 0.598. The van der Waals surface area contributed by atoms with Gasteiger partial charge in [0.25, 0.3) is 0 Å². The van der Waals surface area contributed by atoms with Crippen molar-refractivity contribution in [1.29, 1.82) is 0 Å². The fraction of sp³-hybridized carbons (Fsp3) is 1.00. The summed E-state index contributed by atoms with van der Waals surface area (Å²) in [5.74, 6) is 0. The molecule has 0 bridgehead atoms. The maximum Gasteiger partial charge on any atom is 0.0342 e. The van der Waals surface area contributed by atoms with Crippen LogP contribution >= 0.6 is 0 Å². The van der Waals surface area contributed by atoms with Crippen molar-refractivity contribution in [3.63, 3.8) is 0 Å². The van der Waals surface area contributed by atoms with Crippen LogP contribution in [0, 0.1) is 0 Å². The standard InChI is InChI=1S/C9H21N3/c1-8(2)11-7-9-6-10-4-5-12(9)3/h8-11H,4-7H2,1-3H3. The molecule has 12 heavy (non-hydrogen) atoms. The molecule has 0 aromatic carbocycles. The summed E-state index contributed by atoms with van der Waals surface area (Å²) in [4.78, 5) is 2.42. The van der Waals surface area contributed by atoms with Crippen molar-refractivity contribution in [2.45, 2.75) is 25.9 Å². The summed E-state index contributed by atoms with van der Waals surface area (Å²) < 4.78 is 0. The van der Waals surface area contributed by atoms with Gasteiger partial charge in [0.1, 0.15) is 0 Å². The van der Waals surface area contributed by atoms with Crippen LogP contribution in [0.5, 0.6) is 0 Å². The topological polar surface area (TPSA) is 27.3 Å². The maximum atomic E-state index is 3.46. The highest BCUT2D eigenvalue weighted by atomic mass is 15.2. The molecule has 1 unspecified atom stereocenters. The Balaban J connectivity index is 2.20. The zero-order valence-electron chi connectivity index (χ0n) is 8.43. The van der Waals surface area contributed by atoms with Crippen LogP contribution < -0.4 is 10.6 Å². The second-order valence-electron chi connectivity index (χ2n) is 3.90. The summed E-state index contributed by atoms with van der Waals surface area (Å²) in [5.41, 5.74) is 0. The molecule has 1 atom stereocenters. The smallest absolute Gasteiger partial charge is 0.0342 e. The molecule has 1 aliphatic rings. The van der Waals surface area contributed by atoms with Gasteiger partial charge >= 0.3 is 0 Å². The summed E-state index contributed by atoms with van der Waals surface area (Å²) in [7, 11) is 2.20. The van der Waals surface area contributed by atoms with Crippen molar-refractivity contribution in [3.8, 4) is 0 Å². The highest BCUT2D eigenvalue weighted by Gasteiger charge is 2.17. The Morgan fingerprint density at radius 1 is 1.58 bits per heavy atom. The molecule has 0 aliphatic carbocycles. The lowest BCUT2D eigenvalue weighted by Gasteiger charge is -2.33. The Kier molecular flexibility index (Phi) is 3.98. The number of nitrogens with one attached hydrogen (secondary N) is 2. The number of hydrogen-bond acceptors (Lipinski definition) is 3. The van der Waals surface area contributed by atoms with Crippen LogP contribution in [-0.2, 0) is 0 Å². The first-order chi connectivity index (χ1) is 5.70. The van der Waals surface area contributed by atoms with E-state index < -0.39 is 0 Å². The minimum Gasteiger partial charge on any atom is -0.314 e. The van der Waals surface area contributed by atoms with E-state index in [0.29, 0.717) is 12.1 Å². The van der Waals surface area contributed by atoms with Gasteiger partial charge in [0.05, 0.1) is 0 Å². The Bertz CT molecular complexity index is 125. The van der Waals surface area contributed by atoms with E-state index in [1.54, 1.807) is 0 Å². The molecular weight excluding hydrogens is 150 g/mol. The fourth-order valence-corrected chi connectivity index (χ4v) is 1.46. The fourth-order valence-electron chi connectivity index (χ4n) is 1.46. The summed E-state index contributed by atoms with van der Waals surface area (Å²) in [6, 6.07) is 1.27. The molecule has 1 aliphatic heterocycles. The molecule has 0 radical (unpaired) electrons. The van der Waals surface area contributed by atoms with E-state index in [1.807, 2.05) is 0 Å². The summed E-state index contributed by atoms with van der Waals surface area (Å²) in [6.07, 6.45) is 0. The first-order valence-electron chi connectivity index (χ1n) is 4.84. The lowest BCUT2D eigenvalue weighted by atomic mass is 10.2. The highest BCUT2D eigenvalue weighted by molar-refractivity contribution is 4.79. The second kappa shape index (κ2) is 4.80. The summed E-state index contributed by atoms with van der Waals surface area (Å²) >= 11 is 0. The van der Waals surface area contributed by atoms with Gasteiger partial charge in [-0.15, -0.1) is 0 Å². The van der Waals surface area contributed by atoms with E-state index in [2.05, 4.69) is 36.4 Å². The SMILES string of the molecule is CC(C)NCC1CNCCN1C. The second-order valence-corrected chi connectivity index (χ2v) is 3.90. The zero-order chi connectivity index (χ0) is 8.97. The monoisotopic (exact) mass is 171 g/mol. The lowest BCUT2D eigenvalue weighted by Crippen LogP contribution is -2.53. The third kappa shape index (κ3) is 3.09. The van der Waals surface area contributed by atoms with Crippen molar-refractivity contribution in [2.75, 3.05) is 33.2 Å². The normalized spacial score (nSPS) is 26.5. The zero-order valence-corrected chi connectivity index (χ0v) is 8.43. The molecule has 0 spiro atoms. The van der Waals surface area contributed by atoms with E-state index in [9.17, 15) is 0 Å². The molecule has 0 saturated carbocycles. The summed E-state index contributed by atoms with van der Waals surface area (Å²) in [5, 5.41) is 6.87. The lowest BCUT2D eigenvalue weighted by molar-refractivity contribution is 0.193. The van der Waals surface area contributed by atoms with Gasteiger partial charge in [-0.1, -0.05) is 13.8 Å². The van der Waals surface area contributed by atoms with Gasteiger partial charge in [-0.3, -0.25) is 4.90 Å². The van der Waals surface area contributed by atoms with Gasteiger partial charge in [0.15, 0.2) is 0 Å². The first-order valence-corrected chi connectivity index (χ1v) is 4.84. The molecule has 1 saturated heterocycles. The molecule has 2 N–H and O–H groups in total. The van der Waals surface area contributed by atoms with Crippen LogP contribution in [0.2, 0.25) is 0 Å². The number of piperazine rings is 1. The van der Waals surface area contributed by atoms with Gasteiger partial charge in [0, 0.05) is 38.3 Å². The van der Waals surface area contributed by atoms with Crippen LogP contribution in [0.15, 0.2) is 0 Å². The predicted molar refractivity (Wildman–Crippen MR) is 52.4 cm³/mol. The van der Waals surface area contributed by atoms with Gasteiger partial charge in [-0.25, -0.2) is 0 Å². The Morgan fingerprint density at radius 3 is 2.92 bits per heavy atom. The van der Waals surface area contributed by atoms with Crippen LogP contribution in [0.1, 0.15) is 13.8 Å². The van der Waals surface area contributed by atoms with E-state index in [0.717, 1.165) is 19.6 Å². The molecule has 1 fully saturated rings. The predicted octanol–water partition coefficient (Wildman–Crippen LogP) is -0.112. The van der Waals surface area contributed by atoms with Crippen LogP contribution in [-0.4, -0.2) is 50.2 Å². The molecule has 72 valence electrons. The number of nitrogens with zero attached hydrogens (tertiary/aromatic N) is 1. The maximum absolute atomic E-state index is 3.46. The van der Waals surface area contributed by atoms with Crippen molar-refractivity contribution >= 4 is 0 Å². The number of likely N-dealkylation sites (N-methyl/N-ethyl adjacent to an activating group) is 1.